The summed E-state index contributed by atoms with van der Waals surface area (Å²) in [6, 6.07) is 0.238. The van der Waals surface area contributed by atoms with Crippen molar-refractivity contribution in [1.82, 2.24) is 20.2 Å². The van der Waals surface area contributed by atoms with Crippen molar-refractivity contribution in [1.29, 1.82) is 0 Å². The molecule has 0 aromatic carbocycles. The first-order chi connectivity index (χ1) is 6.72. The van der Waals surface area contributed by atoms with Crippen LogP contribution >= 0.6 is 0 Å². The molecule has 1 aliphatic heterocycles. The highest BCUT2D eigenvalue weighted by molar-refractivity contribution is 5.71. The predicted molar refractivity (Wildman–Crippen MR) is 50.2 cm³/mol. The van der Waals surface area contributed by atoms with Crippen LogP contribution in [-0.4, -0.2) is 45.8 Å². The predicted octanol–water partition coefficient (Wildman–Crippen LogP) is 0.0205. The molecule has 6 nitrogen and oxygen atoms in total. The number of H-pyrrole nitrogens is 1. The van der Waals surface area contributed by atoms with E-state index in [4.69, 9.17) is 0 Å². The van der Waals surface area contributed by atoms with Crippen molar-refractivity contribution in [2.75, 3.05) is 7.05 Å². The van der Waals surface area contributed by atoms with E-state index in [0.29, 0.717) is 12.1 Å². The Labute approximate surface area is 81.0 Å². The molecule has 0 amide bonds. The Hall–Kier alpha value is -1.72. The fraction of sp³-hybridized carbons (Fsp3) is 0.500. The smallest absolute Gasteiger partial charge is 0.214 e. The Balaban J connectivity index is 2.23. The van der Waals surface area contributed by atoms with Crippen LogP contribution in [-0.2, 0) is 0 Å². The molecule has 0 aliphatic carbocycles. The van der Waals surface area contributed by atoms with Crippen LogP contribution in [0, 0.1) is 0 Å². The molecule has 1 N–H and O–H groups in total. The van der Waals surface area contributed by atoms with Crippen molar-refractivity contribution in [2.45, 2.75) is 18.9 Å². The van der Waals surface area contributed by atoms with Gasteiger partial charge in [0.1, 0.15) is 5.82 Å². The van der Waals surface area contributed by atoms with Gasteiger partial charge in [-0.25, -0.2) is 4.98 Å². The number of hydrogen-bond donors (Lipinski definition) is 1. The third kappa shape index (κ3) is 1.28. The topological polar surface area (TPSA) is 74.2 Å². The van der Waals surface area contributed by atoms with Gasteiger partial charge >= 0.3 is 0 Å². The summed E-state index contributed by atoms with van der Waals surface area (Å²) in [5.41, 5.74) is 0. The molecule has 2 unspecified atom stereocenters. The zero-order valence-electron chi connectivity index (χ0n) is 8.01. The quantitative estimate of drug-likeness (QED) is 0.672. The zero-order chi connectivity index (χ0) is 10.1. The van der Waals surface area contributed by atoms with Crippen LogP contribution in [0.1, 0.15) is 29.3 Å². The summed E-state index contributed by atoms with van der Waals surface area (Å²) in [7, 11) is 1.90. The number of hydrazone groups is 1. The Morgan fingerprint density at radius 1 is 1.64 bits per heavy atom. The van der Waals surface area contributed by atoms with Gasteiger partial charge in [-0.2, -0.15) is 10.2 Å². The van der Waals surface area contributed by atoms with Gasteiger partial charge in [0.15, 0.2) is 6.29 Å². The first-order valence-electron chi connectivity index (χ1n) is 4.37. The highest BCUT2D eigenvalue weighted by atomic mass is 16.1. The zero-order valence-corrected chi connectivity index (χ0v) is 8.01. The number of aldehydes is 1. The molecular weight excluding hydrogens is 182 g/mol. The summed E-state index contributed by atoms with van der Waals surface area (Å²) in [5.74, 6) is 0.962. The van der Waals surface area contributed by atoms with E-state index in [1.165, 1.54) is 0 Å². The van der Waals surface area contributed by atoms with Crippen molar-refractivity contribution < 1.29 is 4.79 Å². The molecular formula is C8H11N5O. The molecule has 1 aliphatic rings. The van der Waals surface area contributed by atoms with Crippen molar-refractivity contribution in [3.8, 4) is 0 Å². The second-order valence-electron chi connectivity index (χ2n) is 3.30. The number of aromatic nitrogens is 3. The monoisotopic (exact) mass is 193 g/mol. The fourth-order valence-electron chi connectivity index (χ4n) is 1.43. The molecule has 0 saturated heterocycles. The van der Waals surface area contributed by atoms with Crippen molar-refractivity contribution in [3.63, 3.8) is 0 Å². The van der Waals surface area contributed by atoms with Crippen LogP contribution in [0.2, 0.25) is 0 Å². The number of carbonyl (C=O) groups excluding carboxylic acids is 1. The van der Waals surface area contributed by atoms with Gasteiger partial charge in [0.25, 0.3) is 0 Å². The van der Waals surface area contributed by atoms with Gasteiger partial charge in [-0.05, 0) is 6.92 Å². The van der Waals surface area contributed by atoms with Gasteiger partial charge < -0.3 is 0 Å². The lowest BCUT2D eigenvalue weighted by Crippen LogP contribution is -2.25. The normalized spacial score (nSPS) is 25.7. The maximum Gasteiger partial charge on any atom is 0.214 e. The van der Waals surface area contributed by atoms with E-state index in [0.717, 1.165) is 0 Å². The summed E-state index contributed by atoms with van der Waals surface area (Å²) < 4.78 is 0. The molecule has 2 atom stereocenters. The Kier molecular flexibility index (Phi) is 2.03. The highest BCUT2D eigenvalue weighted by Gasteiger charge is 2.28. The fourth-order valence-corrected chi connectivity index (χ4v) is 1.43. The lowest BCUT2D eigenvalue weighted by Gasteiger charge is -2.17. The van der Waals surface area contributed by atoms with E-state index in [9.17, 15) is 4.79 Å². The number of nitrogens with zero attached hydrogens (tertiary/aromatic N) is 4. The van der Waals surface area contributed by atoms with E-state index in [1.807, 2.05) is 19.0 Å². The molecule has 0 bridgehead atoms. The van der Waals surface area contributed by atoms with E-state index in [2.05, 4.69) is 20.3 Å². The average Bonchev–Trinajstić information content (AvgIpc) is 2.75. The third-order valence-corrected chi connectivity index (χ3v) is 2.46. The van der Waals surface area contributed by atoms with Gasteiger partial charge in [-0.1, -0.05) is 0 Å². The van der Waals surface area contributed by atoms with Gasteiger partial charge in [-0.15, -0.1) is 0 Å². The van der Waals surface area contributed by atoms with Crippen LogP contribution < -0.4 is 0 Å². The average molecular weight is 193 g/mol. The number of rotatable bonds is 2. The lowest BCUT2D eigenvalue weighted by molar-refractivity contribution is 0.111. The third-order valence-electron chi connectivity index (χ3n) is 2.46. The van der Waals surface area contributed by atoms with Gasteiger partial charge in [0, 0.05) is 13.3 Å². The second-order valence-corrected chi connectivity index (χ2v) is 3.30. The molecule has 0 saturated carbocycles. The Morgan fingerprint density at radius 2 is 2.43 bits per heavy atom. The van der Waals surface area contributed by atoms with E-state index in [1.54, 1.807) is 6.21 Å². The molecule has 74 valence electrons. The van der Waals surface area contributed by atoms with Crippen LogP contribution in [0.3, 0.4) is 0 Å². The lowest BCUT2D eigenvalue weighted by atomic mass is 10.0. The van der Waals surface area contributed by atoms with Crippen LogP contribution in [0.4, 0.5) is 0 Å². The van der Waals surface area contributed by atoms with Crippen LogP contribution in [0.5, 0.6) is 0 Å². The number of aromatic amines is 1. The minimum atomic E-state index is 0.0844. The van der Waals surface area contributed by atoms with Gasteiger partial charge in [0.2, 0.25) is 5.82 Å². The summed E-state index contributed by atoms with van der Waals surface area (Å²) in [5, 5.41) is 12.5. The van der Waals surface area contributed by atoms with Gasteiger partial charge in [0.05, 0.1) is 12.0 Å². The summed E-state index contributed by atoms with van der Waals surface area (Å²) in [6.07, 6.45) is 2.43. The molecule has 0 spiro atoms. The first-order valence-corrected chi connectivity index (χ1v) is 4.37. The van der Waals surface area contributed by atoms with Crippen molar-refractivity contribution in [3.05, 3.63) is 11.6 Å². The minimum Gasteiger partial charge on any atom is -0.297 e. The summed E-state index contributed by atoms with van der Waals surface area (Å²) in [6.45, 7) is 2.04. The summed E-state index contributed by atoms with van der Waals surface area (Å²) >= 11 is 0. The molecule has 2 heterocycles. The standard InChI is InChI=1S/C8H11N5O/c1-5-6(3-9-13(5)2)8-10-7(4-14)11-12-8/h3-6H,1-2H3,(H,10,11,12). The minimum absolute atomic E-state index is 0.0844. The van der Waals surface area contributed by atoms with E-state index < -0.39 is 0 Å². The second kappa shape index (κ2) is 3.21. The highest BCUT2D eigenvalue weighted by Crippen LogP contribution is 2.22. The van der Waals surface area contributed by atoms with Crippen LogP contribution in [0.25, 0.3) is 0 Å². The Morgan fingerprint density at radius 3 is 2.93 bits per heavy atom. The number of carbonyl (C=O) groups is 1. The number of hydrogen-bond acceptors (Lipinski definition) is 5. The molecule has 14 heavy (non-hydrogen) atoms. The maximum absolute atomic E-state index is 10.4. The molecule has 0 radical (unpaired) electrons. The van der Waals surface area contributed by atoms with Crippen molar-refractivity contribution >= 4 is 12.5 Å². The molecule has 2 rings (SSSR count). The maximum atomic E-state index is 10.4. The van der Waals surface area contributed by atoms with E-state index >= 15 is 0 Å². The number of nitrogens with one attached hydrogen (secondary N) is 1. The molecule has 1 aromatic rings. The summed E-state index contributed by atoms with van der Waals surface area (Å²) in [4.78, 5) is 14.4. The Bertz CT molecular complexity index is 372. The SMILES string of the molecule is CC1C(c2nc(C=O)n[nH]2)C=NN1C. The van der Waals surface area contributed by atoms with Crippen molar-refractivity contribution in [2.24, 2.45) is 5.10 Å². The number of likely N-dealkylation sites (N-methyl/N-ethyl adjacent to an activating group) is 1. The van der Waals surface area contributed by atoms with E-state index in [-0.39, 0.29) is 17.8 Å². The molecule has 6 heteroatoms. The largest absolute Gasteiger partial charge is 0.297 e. The van der Waals surface area contributed by atoms with Gasteiger partial charge in [-0.3, -0.25) is 14.9 Å². The molecule has 1 aromatic heterocycles. The molecule has 0 fully saturated rings. The first kappa shape index (κ1) is 8.86. The van der Waals surface area contributed by atoms with Crippen LogP contribution in [0.15, 0.2) is 5.10 Å².